The number of hydrogen-bond donors (Lipinski definition) is 2. The van der Waals surface area contributed by atoms with E-state index in [1.807, 2.05) is 6.92 Å². The molecule has 1 heterocycles. The number of carbonyl (C=O) groups excluding carboxylic acids is 1. The van der Waals surface area contributed by atoms with Crippen LogP contribution in [0.1, 0.15) is 18.9 Å². The molecular weight excluding hydrogens is 258 g/mol. The van der Waals surface area contributed by atoms with Gasteiger partial charge in [-0.2, -0.15) is 0 Å². The highest BCUT2D eigenvalue weighted by Gasteiger charge is 2.31. The normalized spacial score (nSPS) is 22.8. The summed E-state index contributed by atoms with van der Waals surface area (Å²) in [5.74, 6) is -0.181. The first-order valence-electron chi connectivity index (χ1n) is 6.50. The Morgan fingerprint density at radius 1 is 1.50 bits per heavy atom. The van der Waals surface area contributed by atoms with E-state index in [0.717, 1.165) is 6.42 Å². The maximum atomic E-state index is 12.5. The first kappa shape index (κ1) is 14.3. The summed E-state index contributed by atoms with van der Waals surface area (Å²) < 4.78 is 5.44. The average Bonchev–Trinajstić information content (AvgIpc) is 2.91. The maximum absolute atomic E-state index is 12.5. The van der Waals surface area contributed by atoms with Crippen molar-refractivity contribution in [1.29, 1.82) is 0 Å². The third-order valence-corrected chi connectivity index (χ3v) is 3.53. The van der Waals surface area contributed by atoms with Crippen molar-refractivity contribution in [3.05, 3.63) is 29.8 Å². The molecule has 1 aromatic rings. The predicted molar refractivity (Wildman–Crippen MR) is 75.9 cm³/mol. The van der Waals surface area contributed by atoms with E-state index in [0.29, 0.717) is 17.9 Å². The number of benzene rings is 1. The Labute approximate surface area is 117 Å². The molecular formula is C14H19N3O3. The highest BCUT2D eigenvalue weighted by Crippen LogP contribution is 2.25. The van der Waals surface area contributed by atoms with Gasteiger partial charge in [-0.3, -0.25) is 4.79 Å². The Morgan fingerprint density at radius 3 is 2.80 bits per heavy atom. The van der Waals surface area contributed by atoms with Crippen molar-refractivity contribution in [3.63, 3.8) is 0 Å². The van der Waals surface area contributed by atoms with E-state index in [1.54, 1.807) is 36.2 Å². The minimum absolute atomic E-state index is 0.0173. The second-order valence-electron chi connectivity index (χ2n) is 4.98. The van der Waals surface area contributed by atoms with E-state index in [4.69, 9.17) is 15.7 Å². The van der Waals surface area contributed by atoms with Crippen LogP contribution in [0.15, 0.2) is 29.4 Å². The molecule has 6 nitrogen and oxygen atoms in total. The van der Waals surface area contributed by atoms with Gasteiger partial charge in [0, 0.05) is 12.6 Å². The fraction of sp³-hybridized carbons (Fsp3) is 0.429. The quantitative estimate of drug-likeness (QED) is 0.376. The summed E-state index contributed by atoms with van der Waals surface area (Å²) >= 11 is 0. The van der Waals surface area contributed by atoms with E-state index in [2.05, 4.69) is 5.16 Å². The number of rotatable bonds is 3. The molecule has 0 spiro atoms. The number of amidine groups is 1. The van der Waals surface area contributed by atoms with Gasteiger partial charge in [0.05, 0.1) is 24.3 Å². The molecule has 1 aliphatic rings. The molecule has 2 unspecified atom stereocenters. The van der Waals surface area contributed by atoms with Crippen LogP contribution in [0, 0.1) is 5.92 Å². The number of ether oxygens (including phenoxy) is 1. The number of anilines is 1. The number of hydrogen-bond acceptors (Lipinski definition) is 4. The first-order chi connectivity index (χ1) is 9.54. The summed E-state index contributed by atoms with van der Waals surface area (Å²) in [6.45, 7) is 2.40. The van der Waals surface area contributed by atoms with Crippen molar-refractivity contribution in [1.82, 2.24) is 0 Å². The smallest absolute Gasteiger partial charge is 0.232 e. The zero-order valence-electron chi connectivity index (χ0n) is 11.6. The van der Waals surface area contributed by atoms with Crippen LogP contribution in [0.25, 0.3) is 0 Å². The highest BCUT2D eigenvalue weighted by atomic mass is 16.5. The number of amides is 1. The van der Waals surface area contributed by atoms with Gasteiger partial charge in [0.2, 0.25) is 5.91 Å². The molecule has 6 heteroatoms. The van der Waals surface area contributed by atoms with Gasteiger partial charge in [0.15, 0.2) is 5.84 Å². The van der Waals surface area contributed by atoms with Crippen LogP contribution in [0.5, 0.6) is 0 Å². The van der Waals surface area contributed by atoms with E-state index < -0.39 is 0 Å². The van der Waals surface area contributed by atoms with Gasteiger partial charge in [-0.05, 0) is 25.5 Å². The van der Waals surface area contributed by atoms with Crippen molar-refractivity contribution in [2.45, 2.75) is 19.4 Å². The lowest BCUT2D eigenvalue weighted by Gasteiger charge is -2.22. The molecule has 3 N–H and O–H groups in total. The fourth-order valence-electron chi connectivity index (χ4n) is 2.42. The molecule has 0 aliphatic carbocycles. The van der Waals surface area contributed by atoms with Gasteiger partial charge < -0.3 is 20.6 Å². The average molecular weight is 277 g/mol. The third kappa shape index (κ3) is 2.75. The van der Waals surface area contributed by atoms with Gasteiger partial charge in [-0.25, -0.2) is 0 Å². The Kier molecular flexibility index (Phi) is 4.24. The van der Waals surface area contributed by atoms with Gasteiger partial charge in [-0.1, -0.05) is 17.3 Å². The molecule has 0 bridgehead atoms. The SMILES string of the molecule is CC1CC(C(=O)N(C)c2ccccc2/C(N)=N/O)CO1. The monoisotopic (exact) mass is 277 g/mol. The molecule has 0 radical (unpaired) electrons. The predicted octanol–water partition coefficient (Wildman–Crippen LogP) is 1.17. The summed E-state index contributed by atoms with van der Waals surface area (Å²) in [4.78, 5) is 14.0. The largest absolute Gasteiger partial charge is 0.409 e. The lowest BCUT2D eigenvalue weighted by molar-refractivity contribution is -0.122. The lowest BCUT2D eigenvalue weighted by atomic mass is 10.0. The van der Waals surface area contributed by atoms with E-state index in [-0.39, 0.29) is 23.8 Å². The standard InChI is InChI=1S/C14H19N3O3/c1-9-7-10(8-20-9)14(18)17(2)12-6-4-3-5-11(12)13(15)16-19/h3-6,9-10,19H,7-8H2,1-2H3,(H2,15,16). The molecule has 0 aromatic heterocycles. The van der Waals surface area contributed by atoms with Gasteiger partial charge in [0.25, 0.3) is 0 Å². The van der Waals surface area contributed by atoms with Crippen LogP contribution >= 0.6 is 0 Å². The lowest BCUT2D eigenvalue weighted by Crippen LogP contribution is -2.34. The van der Waals surface area contributed by atoms with E-state index >= 15 is 0 Å². The molecule has 108 valence electrons. The highest BCUT2D eigenvalue weighted by molar-refractivity contribution is 6.06. The van der Waals surface area contributed by atoms with Gasteiger partial charge >= 0.3 is 0 Å². The minimum atomic E-state index is -0.143. The molecule has 1 aliphatic heterocycles. The van der Waals surface area contributed by atoms with Crippen LogP contribution in [0.2, 0.25) is 0 Å². The van der Waals surface area contributed by atoms with Gasteiger partial charge in [0.1, 0.15) is 0 Å². The molecule has 20 heavy (non-hydrogen) atoms. The van der Waals surface area contributed by atoms with Crippen molar-refractivity contribution in [3.8, 4) is 0 Å². The topological polar surface area (TPSA) is 88.2 Å². The number of para-hydroxylation sites is 1. The summed E-state index contributed by atoms with van der Waals surface area (Å²) in [5.41, 5.74) is 6.79. The summed E-state index contributed by atoms with van der Waals surface area (Å²) in [7, 11) is 1.69. The maximum Gasteiger partial charge on any atom is 0.232 e. The van der Waals surface area contributed by atoms with Crippen molar-refractivity contribution in [2.75, 3.05) is 18.6 Å². The minimum Gasteiger partial charge on any atom is -0.409 e. The summed E-state index contributed by atoms with van der Waals surface area (Å²) in [5, 5.41) is 11.8. The molecule has 1 saturated heterocycles. The Morgan fingerprint density at radius 2 is 2.20 bits per heavy atom. The van der Waals surface area contributed by atoms with Crippen LogP contribution < -0.4 is 10.6 Å². The molecule has 2 atom stereocenters. The Hall–Kier alpha value is -2.08. The Balaban J connectivity index is 2.25. The molecule has 1 aromatic carbocycles. The zero-order valence-corrected chi connectivity index (χ0v) is 11.6. The van der Waals surface area contributed by atoms with E-state index in [9.17, 15) is 4.79 Å². The van der Waals surface area contributed by atoms with Crippen LogP contribution in [-0.4, -0.2) is 36.7 Å². The summed E-state index contributed by atoms with van der Waals surface area (Å²) in [6.07, 6.45) is 0.825. The first-order valence-corrected chi connectivity index (χ1v) is 6.50. The molecule has 0 saturated carbocycles. The van der Waals surface area contributed by atoms with Gasteiger partial charge in [-0.15, -0.1) is 0 Å². The second-order valence-corrected chi connectivity index (χ2v) is 4.98. The number of oxime groups is 1. The van der Waals surface area contributed by atoms with E-state index in [1.165, 1.54) is 0 Å². The molecule has 2 rings (SSSR count). The second kappa shape index (κ2) is 5.92. The third-order valence-electron chi connectivity index (χ3n) is 3.53. The van der Waals surface area contributed by atoms with Crippen LogP contribution in [-0.2, 0) is 9.53 Å². The molecule has 1 fully saturated rings. The fourth-order valence-corrected chi connectivity index (χ4v) is 2.42. The van der Waals surface area contributed by atoms with Crippen molar-refractivity contribution in [2.24, 2.45) is 16.8 Å². The number of nitrogens with two attached hydrogens (primary N) is 1. The number of carbonyl (C=O) groups is 1. The van der Waals surface area contributed by atoms with Crippen molar-refractivity contribution < 1.29 is 14.7 Å². The zero-order chi connectivity index (χ0) is 14.7. The van der Waals surface area contributed by atoms with Crippen molar-refractivity contribution >= 4 is 17.4 Å². The van der Waals surface area contributed by atoms with Crippen LogP contribution in [0.3, 0.4) is 0 Å². The summed E-state index contributed by atoms with van der Waals surface area (Å²) in [6, 6.07) is 7.06. The van der Waals surface area contributed by atoms with Crippen LogP contribution in [0.4, 0.5) is 5.69 Å². The molecule has 1 amide bonds. The number of nitrogens with zero attached hydrogens (tertiary/aromatic N) is 2. The Bertz CT molecular complexity index is 530.